The molecule has 1 saturated heterocycles. The zero-order valence-corrected chi connectivity index (χ0v) is 15.5. The molecule has 0 saturated carbocycles. The summed E-state index contributed by atoms with van der Waals surface area (Å²) in [5, 5.41) is 9.35. The lowest BCUT2D eigenvalue weighted by atomic mass is 9.84. The number of rotatable bonds is 8. The molecular weight excluding hydrogens is 329 g/mol. The molecule has 0 bridgehead atoms. The van der Waals surface area contributed by atoms with E-state index < -0.39 is 19.1 Å². The molecule has 0 radical (unpaired) electrons. The first kappa shape index (κ1) is 21.6. The molecule has 4 atom stereocenters. The Bertz CT molecular complexity index is 453. The largest absolute Gasteiger partial charge is 0.628 e. The maximum Gasteiger partial charge on any atom is 0.628 e. The molecule has 1 rings (SSSR count). The van der Waals surface area contributed by atoms with Crippen molar-refractivity contribution in [1.29, 1.82) is 0 Å². The van der Waals surface area contributed by atoms with Gasteiger partial charge in [-0.15, -0.1) is 0 Å². The van der Waals surface area contributed by atoms with Gasteiger partial charge in [0.2, 0.25) is 0 Å². The number of hydrogen-bond donors (Lipinski definition) is 1. The highest BCUT2D eigenvalue weighted by Crippen LogP contribution is 2.22. The Kier molecular flexibility index (Phi) is 9.12. The summed E-state index contributed by atoms with van der Waals surface area (Å²) in [6.45, 7) is 3.85. The smallest absolute Gasteiger partial charge is 0.495 e. The quantitative estimate of drug-likeness (QED) is 0.602. The molecule has 0 aromatic heterocycles. The van der Waals surface area contributed by atoms with Crippen LogP contribution in [-0.4, -0.2) is 82.2 Å². The average molecular weight is 357 g/mol. The fourth-order valence-electron chi connectivity index (χ4n) is 2.86. The topological polar surface area (TPSA) is 94.5 Å². The van der Waals surface area contributed by atoms with Crippen molar-refractivity contribution in [3.8, 4) is 0 Å². The SMILES string of the molecule is CO[C@H]([C@H](C)[C@H](/C=C/B1OC(=O)CN(C)CC(=O)O1)OC)[C@@H](C)CO. The molecule has 0 aromatic rings. The highest BCUT2D eigenvalue weighted by molar-refractivity contribution is 6.54. The van der Waals surface area contributed by atoms with Gasteiger partial charge in [0.05, 0.1) is 25.3 Å². The number of carbonyl (C=O) groups excluding carboxylic acids is 2. The number of nitrogens with zero attached hydrogens (tertiary/aromatic N) is 1. The van der Waals surface area contributed by atoms with Crippen molar-refractivity contribution in [2.75, 3.05) is 41.0 Å². The molecule has 0 aromatic carbocycles. The van der Waals surface area contributed by atoms with Gasteiger partial charge < -0.3 is 23.9 Å². The van der Waals surface area contributed by atoms with Crippen LogP contribution < -0.4 is 0 Å². The van der Waals surface area contributed by atoms with Gasteiger partial charge in [-0.05, 0) is 13.0 Å². The summed E-state index contributed by atoms with van der Waals surface area (Å²) in [6.07, 6.45) is 1.08. The van der Waals surface area contributed by atoms with Gasteiger partial charge in [-0.25, -0.2) is 0 Å². The summed E-state index contributed by atoms with van der Waals surface area (Å²) in [5.41, 5.74) is 0. The van der Waals surface area contributed by atoms with Crippen LogP contribution in [0, 0.1) is 11.8 Å². The molecule has 1 aliphatic heterocycles. The minimum Gasteiger partial charge on any atom is -0.495 e. The number of ether oxygens (including phenoxy) is 2. The Morgan fingerprint density at radius 2 is 1.76 bits per heavy atom. The van der Waals surface area contributed by atoms with Gasteiger partial charge >= 0.3 is 19.1 Å². The fourth-order valence-corrected chi connectivity index (χ4v) is 2.86. The summed E-state index contributed by atoms with van der Waals surface area (Å²) in [6, 6.07) is 0. The molecular formula is C16H28BNO7. The number of aliphatic hydroxyl groups is 1. The van der Waals surface area contributed by atoms with Crippen molar-refractivity contribution >= 4 is 19.1 Å². The van der Waals surface area contributed by atoms with E-state index in [2.05, 4.69) is 0 Å². The first-order valence-corrected chi connectivity index (χ1v) is 8.24. The maximum atomic E-state index is 11.7. The lowest BCUT2D eigenvalue weighted by Crippen LogP contribution is -2.42. The molecule has 142 valence electrons. The summed E-state index contributed by atoms with van der Waals surface area (Å²) >= 11 is 0. The fraction of sp³-hybridized carbons (Fsp3) is 0.750. The van der Waals surface area contributed by atoms with Crippen molar-refractivity contribution in [3.63, 3.8) is 0 Å². The zero-order chi connectivity index (χ0) is 19.0. The van der Waals surface area contributed by atoms with Gasteiger partial charge in [-0.1, -0.05) is 19.9 Å². The number of hydrogen-bond acceptors (Lipinski definition) is 8. The molecule has 0 spiro atoms. The van der Waals surface area contributed by atoms with Crippen LogP contribution in [0.15, 0.2) is 12.1 Å². The zero-order valence-electron chi connectivity index (χ0n) is 15.5. The normalized spacial score (nSPS) is 21.9. The number of carbonyl (C=O) groups is 2. The molecule has 1 N–H and O–H groups in total. The van der Waals surface area contributed by atoms with Gasteiger partial charge in [-0.3, -0.25) is 14.5 Å². The second-order valence-corrected chi connectivity index (χ2v) is 6.32. The Labute approximate surface area is 149 Å². The van der Waals surface area contributed by atoms with Crippen molar-refractivity contribution in [1.82, 2.24) is 4.90 Å². The molecule has 0 amide bonds. The average Bonchev–Trinajstić information content (AvgIpc) is 2.53. The van der Waals surface area contributed by atoms with E-state index >= 15 is 0 Å². The second-order valence-electron chi connectivity index (χ2n) is 6.32. The maximum absolute atomic E-state index is 11.7. The molecule has 0 unspecified atom stereocenters. The van der Waals surface area contributed by atoms with Crippen molar-refractivity contribution in [3.05, 3.63) is 12.1 Å². The highest BCUT2D eigenvalue weighted by Gasteiger charge is 2.32. The van der Waals surface area contributed by atoms with E-state index in [-0.39, 0.29) is 43.7 Å². The van der Waals surface area contributed by atoms with Crippen LogP contribution >= 0.6 is 0 Å². The summed E-state index contributed by atoms with van der Waals surface area (Å²) in [5.74, 6) is 0.381. The second kappa shape index (κ2) is 10.5. The highest BCUT2D eigenvalue weighted by atomic mass is 16.6. The van der Waals surface area contributed by atoms with Gasteiger partial charge in [0.15, 0.2) is 0 Å². The van der Waals surface area contributed by atoms with E-state index in [4.69, 9.17) is 18.8 Å². The number of likely N-dealkylation sites (N-methyl/N-ethyl adjacent to an activating group) is 1. The first-order chi connectivity index (χ1) is 11.8. The lowest BCUT2D eigenvalue weighted by Gasteiger charge is -2.31. The van der Waals surface area contributed by atoms with E-state index in [0.717, 1.165) is 0 Å². The van der Waals surface area contributed by atoms with Crippen LogP contribution in [0.25, 0.3) is 0 Å². The first-order valence-electron chi connectivity index (χ1n) is 8.24. The Morgan fingerprint density at radius 3 is 2.20 bits per heavy atom. The minimum absolute atomic E-state index is 0.00559. The van der Waals surface area contributed by atoms with Crippen LogP contribution in [0.1, 0.15) is 13.8 Å². The molecule has 1 aliphatic rings. The van der Waals surface area contributed by atoms with Gasteiger partial charge in [0.1, 0.15) is 0 Å². The third-order valence-electron chi connectivity index (χ3n) is 4.18. The Balaban J connectivity index is 2.80. The monoisotopic (exact) mass is 357 g/mol. The van der Waals surface area contributed by atoms with Crippen molar-refractivity contribution in [2.24, 2.45) is 11.8 Å². The Hall–Kier alpha value is -1.42. The molecule has 25 heavy (non-hydrogen) atoms. The molecule has 9 heteroatoms. The van der Waals surface area contributed by atoms with Crippen molar-refractivity contribution < 1.29 is 33.5 Å². The van der Waals surface area contributed by atoms with Gasteiger partial charge in [0, 0.05) is 32.7 Å². The van der Waals surface area contributed by atoms with E-state index in [1.165, 1.54) is 10.9 Å². The Morgan fingerprint density at radius 1 is 1.20 bits per heavy atom. The summed E-state index contributed by atoms with van der Waals surface area (Å²) in [4.78, 5) is 25.0. The van der Waals surface area contributed by atoms with Crippen LogP contribution in [0.4, 0.5) is 0 Å². The van der Waals surface area contributed by atoms with E-state index in [1.807, 2.05) is 13.8 Å². The molecule has 0 aliphatic carbocycles. The predicted octanol–water partition coefficient (Wildman–Crippen LogP) is -0.104. The van der Waals surface area contributed by atoms with Crippen molar-refractivity contribution in [2.45, 2.75) is 26.1 Å². The van der Waals surface area contributed by atoms with Crippen LogP contribution in [0.3, 0.4) is 0 Å². The van der Waals surface area contributed by atoms with Crippen LogP contribution in [0.5, 0.6) is 0 Å². The van der Waals surface area contributed by atoms with E-state index in [1.54, 1.807) is 27.3 Å². The van der Waals surface area contributed by atoms with Gasteiger partial charge in [-0.2, -0.15) is 0 Å². The summed E-state index contributed by atoms with van der Waals surface area (Å²) < 4.78 is 21.2. The van der Waals surface area contributed by atoms with E-state index in [0.29, 0.717) is 0 Å². The third kappa shape index (κ3) is 6.77. The predicted molar refractivity (Wildman–Crippen MR) is 91.6 cm³/mol. The number of methoxy groups -OCH3 is 2. The molecule has 8 nitrogen and oxygen atoms in total. The molecule has 1 fully saturated rings. The summed E-state index contributed by atoms with van der Waals surface area (Å²) in [7, 11) is 3.68. The van der Waals surface area contributed by atoms with Crippen LogP contribution in [0.2, 0.25) is 0 Å². The van der Waals surface area contributed by atoms with Crippen LogP contribution in [-0.2, 0) is 28.4 Å². The molecule has 1 heterocycles. The van der Waals surface area contributed by atoms with Gasteiger partial charge in [0.25, 0.3) is 0 Å². The van der Waals surface area contributed by atoms with E-state index in [9.17, 15) is 14.7 Å². The lowest BCUT2D eigenvalue weighted by molar-refractivity contribution is -0.145. The standard InChI is InChI=1S/C16H28BNO7/c1-11(10-19)16(23-5)12(2)13(22-4)6-7-17-24-14(20)8-18(3)9-15(21)25-17/h6-7,11-13,16,19H,8-10H2,1-5H3/b7-6+/t11-,12+,13-,16-/m0/s1. The third-order valence-corrected chi connectivity index (χ3v) is 4.18. The number of aliphatic hydroxyl groups excluding tert-OH is 1. The minimum atomic E-state index is -1.09.